The number of benzene rings is 1. The number of aryl methyl sites for hydroxylation is 1. The standard InChI is InChI=1S/C16H21N3O3/c1-2-13-3-5-15(6-4-13)18-12-14(11-17)16(22)19(7-9-20)8-10-21/h3-6,12,18,20-21H,2,7-10H2,1H3/b14-12-. The molecule has 0 aromatic heterocycles. The number of anilines is 1. The van der Waals surface area contributed by atoms with Crippen molar-refractivity contribution in [2.75, 3.05) is 31.6 Å². The number of carbonyl (C=O) groups excluding carboxylic acids is 1. The van der Waals surface area contributed by atoms with Gasteiger partial charge < -0.3 is 20.4 Å². The van der Waals surface area contributed by atoms with Crippen molar-refractivity contribution in [2.45, 2.75) is 13.3 Å². The van der Waals surface area contributed by atoms with Crippen molar-refractivity contribution in [1.29, 1.82) is 5.26 Å². The van der Waals surface area contributed by atoms with Crippen molar-refractivity contribution in [1.82, 2.24) is 4.90 Å². The van der Waals surface area contributed by atoms with Crippen LogP contribution in [0.1, 0.15) is 12.5 Å². The number of hydrogen-bond donors (Lipinski definition) is 3. The van der Waals surface area contributed by atoms with E-state index in [2.05, 4.69) is 12.2 Å². The van der Waals surface area contributed by atoms with Gasteiger partial charge in [-0.2, -0.15) is 5.26 Å². The van der Waals surface area contributed by atoms with Crippen LogP contribution < -0.4 is 5.32 Å². The highest BCUT2D eigenvalue weighted by molar-refractivity contribution is 5.97. The van der Waals surface area contributed by atoms with E-state index >= 15 is 0 Å². The molecule has 0 heterocycles. The molecule has 22 heavy (non-hydrogen) atoms. The average molecular weight is 303 g/mol. The van der Waals surface area contributed by atoms with Gasteiger partial charge in [0.1, 0.15) is 11.6 Å². The minimum Gasteiger partial charge on any atom is -0.395 e. The first-order chi connectivity index (χ1) is 10.7. The lowest BCUT2D eigenvalue weighted by Crippen LogP contribution is -2.36. The summed E-state index contributed by atoms with van der Waals surface area (Å²) in [4.78, 5) is 13.4. The van der Waals surface area contributed by atoms with Gasteiger partial charge in [-0.3, -0.25) is 4.79 Å². The molecule has 0 aliphatic rings. The molecule has 1 aromatic rings. The first-order valence-corrected chi connectivity index (χ1v) is 7.13. The van der Waals surface area contributed by atoms with Gasteiger partial charge in [-0.25, -0.2) is 0 Å². The molecule has 1 amide bonds. The predicted octanol–water partition coefficient (Wildman–Crippen LogP) is 0.882. The molecule has 118 valence electrons. The third kappa shape index (κ3) is 5.20. The molecule has 0 aliphatic heterocycles. The van der Waals surface area contributed by atoms with Gasteiger partial charge in [0.25, 0.3) is 5.91 Å². The number of carbonyl (C=O) groups is 1. The van der Waals surface area contributed by atoms with Gasteiger partial charge in [0.05, 0.1) is 13.2 Å². The van der Waals surface area contributed by atoms with Crippen LogP contribution in [0.3, 0.4) is 0 Å². The molecule has 1 rings (SSSR count). The summed E-state index contributed by atoms with van der Waals surface area (Å²) in [5, 5.41) is 29.9. The molecule has 1 aromatic carbocycles. The zero-order chi connectivity index (χ0) is 16.4. The smallest absolute Gasteiger partial charge is 0.266 e. The van der Waals surface area contributed by atoms with E-state index in [9.17, 15) is 4.79 Å². The molecule has 0 radical (unpaired) electrons. The number of hydrogen-bond acceptors (Lipinski definition) is 5. The summed E-state index contributed by atoms with van der Waals surface area (Å²) in [5.74, 6) is -0.525. The fourth-order valence-electron chi connectivity index (χ4n) is 1.86. The zero-order valence-corrected chi connectivity index (χ0v) is 12.6. The van der Waals surface area contributed by atoms with Crippen LogP contribution in [-0.4, -0.2) is 47.3 Å². The van der Waals surface area contributed by atoms with Crippen LogP contribution >= 0.6 is 0 Å². The maximum absolute atomic E-state index is 12.1. The highest BCUT2D eigenvalue weighted by Crippen LogP contribution is 2.11. The Morgan fingerprint density at radius 3 is 2.32 bits per heavy atom. The summed E-state index contributed by atoms with van der Waals surface area (Å²) in [6, 6.07) is 9.51. The van der Waals surface area contributed by atoms with E-state index in [0.717, 1.165) is 12.1 Å². The Morgan fingerprint density at radius 2 is 1.86 bits per heavy atom. The number of nitriles is 1. The van der Waals surface area contributed by atoms with Crippen molar-refractivity contribution >= 4 is 11.6 Å². The van der Waals surface area contributed by atoms with E-state index in [0.29, 0.717) is 0 Å². The van der Waals surface area contributed by atoms with Gasteiger partial charge in [-0.1, -0.05) is 19.1 Å². The maximum atomic E-state index is 12.1. The molecule has 0 unspecified atom stereocenters. The highest BCUT2D eigenvalue weighted by Gasteiger charge is 2.17. The second-order valence-electron chi connectivity index (χ2n) is 4.60. The van der Waals surface area contributed by atoms with E-state index in [4.69, 9.17) is 15.5 Å². The summed E-state index contributed by atoms with van der Waals surface area (Å²) in [6.07, 6.45) is 2.28. The molecule has 6 nitrogen and oxygen atoms in total. The van der Waals surface area contributed by atoms with Crippen LogP contribution in [0.15, 0.2) is 36.0 Å². The van der Waals surface area contributed by atoms with Crippen molar-refractivity contribution in [3.8, 4) is 6.07 Å². The van der Waals surface area contributed by atoms with Crippen LogP contribution in [-0.2, 0) is 11.2 Å². The lowest BCUT2D eigenvalue weighted by Gasteiger charge is -2.20. The number of amides is 1. The Hall–Kier alpha value is -2.36. The van der Waals surface area contributed by atoms with E-state index in [1.54, 1.807) is 0 Å². The van der Waals surface area contributed by atoms with Crippen LogP contribution in [0.4, 0.5) is 5.69 Å². The monoisotopic (exact) mass is 303 g/mol. The number of rotatable bonds is 8. The molecule has 0 bridgehead atoms. The molecule has 0 atom stereocenters. The molecule has 0 saturated heterocycles. The molecular formula is C16H21N3O3. The SMILES string of the molecule is CCc1ccc(N/C=C(/C#N)C(=O)N(CCO)CCO)cc1. The lowest BCUT2D eigenvalue weighted by atomic mass is 10.1. The fourth-order valence-corrected chi connectivity index (χ4v) is 1.86. The number of nitrogens with zero attached hydrogens (tertiary/aromatic N) is 2. The fraction of sp³-hybridized carbons (Fsp3) is 0.375. The average Bonchev–Trinajstić information content (AvgIpc) is 2.55. The van der Waals surface area contributed by atoms with Gasteiger partial charge >= 0.3 is 0 Å². The van der Waals surface area contributed by atoms with Gasteiger partial charge in [0, 0.05) is 25.0 Å². The van der Waals surface area contributed by atoms with Crippen LogP contribution in [0.25, 0.3) is 0 Å². The first kappa shape index (κ1) is 17.7. The van der Waals surface area contributed by atoms with E-state index in [1.165, 1.54) is 16.7 Å². The van der Waals surface area contributed by atoms with Crippen molar-refractivity contribution in [3.05, 3.63) is 41.6 Å². The largest absolute Gasteiger partial charge is 0.395 e. The molecule has 0 spiro atoms. The topological polar surface area (TPSA) is 96.6 Å². The third-order valence-corrected chi connectivity index (χ3v) is 3.12. The third-order valence-electron chi connectivity index (χ3n) is 3.12. The number of aliphatic hydroxyl groups is 2. The van der Waals surface area contributed by atoms with Gasteiger partial charge in [0.15, 0.2) is 0 Å². The normalized spacial score (nSPS) is 10.9. The Labute approximate surface area is 130 Å². The Morgan fingerprint density at radius 1 is 1.27 bits per heavy atom. The zero-order valence-electron chi connectivity index (χ0n) is 12.6. The predicted molar refractivity (Wildman–Crippen MR) is 83.9 cm³/mol. The van der Waals surface area contributed by atoms with Gasteiger partial charge in [0.2, 0.25) is 0 Å². The van der Waals surface area contributed by atoms with Crippen LogP contribution in [0, 0.1) is 11.3 Å². The van der Waals surface area contributed by atoms with E-state index in [-0.39, 0.29) is 31.9 Å². The van der Waals surface area contributed by atoms with Gasteiger partial charge in [-0.15, -0.1) is 0 Å². The highest BCUT2D eigenvalue weighted by atomic mass is 16.3. The Kier molecular flexibility index (Phi) is 7.68. The van der Waals surface area contributed by atoms with Crippen LogP contribution in [0.2, 0.25) is 0 Å². The number of nitrogens with one attached hydrogen (secondary N) is 1. The van der Waals surface area contributed by atoms with Crippen molar-refractivity contribution in [3.63, 3.8) is 0 Å². The second-order valence-corrected chi connectivity index (χ2v) is 4.60. The minimum atomic E-state index is -0.525. The first-order valence-electron chi connectivity index (χ1n) is 7.13. The van der Waals surface area contributed by atoms with Crippen molar-refractivity contribution < 1.29 is 15.0 Å². The lowest BCUT2D eigenvalue weighted by molar-refractivity contribution is -0.127. The summed E-state index contributed by atoms with van der Waals surface area (Å²) in [6.45, 7) is 1.76. The van der Waals surface area contributed by atoms with Gasteiger partial charge in [-0.05, 0) is 24.1 Å². The molecule has 0 aliphatic carbocycles. The van der Waals surface area contributed by atoms with E-state index < -0.39 is 5.91 Å². The quantitative estimate of drug-likeness (QED) is 0.489. The summed E-state index contributed by atoms with van der Waals surface area (Å²) in [5.41, 5.74) is 1.89. The van der Waals surface area contributed by atoms with E-state index in [1.807, 2.05) is 30.3 Å². The molecular weight excluding hydrogens is 282 g/mol. The molecule has 3 N–H and O–H groups in total. The second kappa shape index (κ2) is 9.55. The Bertz CT molecular complexity index is 541. The van der Waals surface area contributed by atoms with Crippen LogP contribution in [0.5, 0.6) is 0 Å². The number of aliphatic hydroxyl groups excluding tert-OH is 2. The molecule has 0 saturated carbocycles. The molecule has 6 heteroatoms. The summed E-state index contributed by atoms with van der Waals surface area (Å²) in [7, 11) is 0. The maximum Gasteiger partial charge on any atom is 0.266 e. The Balaban J connectivity index is 2.80. The van der Waals surface area contributed by atoms with Crippen molar-refractivity contribution in [2.24, 2.45) is 0 Å². The minimum absolute atomic E-state index is 0.0730. The summed E-state index contributed by atoms with van der Waals surface area (Å²) >= 11 is 0. The summed E-state index contributed by atoms with van der Waals surface area (Å²) < 4.78 is 0. The molecule has 0 fully saturated rings.